The van der Waals surface area contributed by atoms with Crippen molar-refractivity contribution in [2.45, 2.75) is 23.1 Å². The SMILES string of the molecule is CCCN(CC(=O)NC)S(=O)(=O)c1ccccc1S(C)(=O)=O. The van der Waals surface area contributed by atoms with Crippen LogP contribution in [0.25, 0.3) is 0 Å². The molecular weight excluding hydrogens is 328 g/mol. The summed E-state index contributed by atoms with van der Waals surface area (Å²) in [5.74, 6) is -0.464. The maximum atomic E-state index is 12.7. The number of hydrogen-bond acceptors (Lipinski definition) is 5. The molecule has 0 aliphatic heterocycles. The summed E-state index contributed by atoms with van der Waals surface area (Å²) >= 11 is 0. The molecule has 1 aromatic rings. The second kappa shape index (κ2) is 7.21. The lowest BCUT2D eigenvalue weighted by molar-refractivity contribution is -0.120. The minimum absolute atomic E-state index is 0.119. The van der Waals surface area contributed by atoms with Gasteiger partial charge in [0.25, 0.3) is 0 Å². The van der Waals surface area contributed by atoms with Crippen molar-refractivity contribution in [2.75, 3.05) is 26.4 Å². The number of nitrogens with zero attached hydrogens (tertiary/aromatic N) is 1. The predicted octanol–water partition coefficient (Wildman–Crippen LogP) is 0.237. The van der Waals surface area contributed by atoms with E-state index in [9.17, 15) is 21.6 Å². The number of sulfonamides is 1. The summed E-state index contributed by atoms with van der Waals surface area (Å²) in [6.45, 7) is 1.54. The molecule has 0 bridgehead atoms. The molecule has 0 spiro atoms. The molecule has 0 atom stereocenters. The molecule has 22 heavy (non-hydrogen) atoms. The predicted molar refractivity (Wildman–Crippen MR) is 82.7 cm³/mol. The molecule has 0 saturated carbocycles. The number of rotatable bonds is 7. The van der Waals surface area contributed by atoms with Gasteiger partial charge in [0, 0.05) is 19.8 Å². The Balaban J connectivity index is 3.41. The van der Waals surface area contributed by atoms with Crippen LogP contribution in [0, 0.1) is 0 Å². The summed E-state index contributed by atoms with van der Waals surface area (Å²) in [7, 11) is -6.39. The molecule has 124 valence electrons. The van der Waals surface area contributed by atoms with Crippen LogP contribution in [-0.4, -0.2) is 53.4 Å². The van der Waals surface area contributed by atoms with Crippen molar-refractivity contribution < 1.29 is 21.6 Å². The van der Waals surface area contributed by atoms with Gasteiger partial charge in [-0.05, 0) is 18.6 Å². The van der Waals surface area contributed by atoms with Gasteiger partial charge in [0.1, 0.15) is 4.90 Å². The van der Waals surface area contributed by atoms with E-state index in [-0.39, 0.29) is 22.9 Å². The van der Waals surface area contributed by atoms with Crippen LogP contribution in [-0.2, 0) is 24.7 Å². The fraction of sp³-hybridized carbons (Fsp3) is 0.462. The second-order valence-electron chi connectivity index (χ2n) is 4.73. The number of carbonyl (C=O) groups is 1. The van der Waals surface area contributed by atoms with E-state index >= 15 is 0 Å². The first-order chi connectivity index (χ1) is 10.1. The van der Waals surface area contributed by atoms with Gasteiger partial charge in [-0.15, -0.1) is 0 Å². The van der Waals surface area contributed by atoms with Gasteiger partial charge < -0.3 is 5.32 Å². The van der Waals surface area contributed by atoms with E-state index in [0.717, 1.165) is 10.6 Å². The third kappa shape index (κ3) is 4.28. The van der Waals surface area contributed by atoms with Gasteiger partial charge in [-0.1, -0.05) is 19.1 Å². The molecule has 0 aliphatic carbocycles. The number of amides is 1. The molecule has 1 amide bonds. The smallest absolute Gasteiger partial charge is 0.244 e. The number of likely N-dealkylation sites (N-methyl/N-ethyl adjacent to an activating group) is 1. The fourth-order valence-electron chi connectivity index (χ4n) is 1.88. The van der Waals surface area contributed by atoms with Gasteiger partial charge in [0.05, 0.1) is 11.4 Å². The van der Waals surface area contributed by atoms with E-state index in [0.29, 0.717) is 6.42 Å². The van der Waals surface area contributed by atoms with Crippen molar-refractivity contribution in [3.8, 4) is 0 Å². The second-order valence-corrected chi connectivity index (χ2v) is 8.62. The first-order valence-electron chi connectivity index (χ1n) is 6.64. The molecule has 0 unspecified atom stereocenters. The van der Waals surface area contributed by atoms with Crippen LogP contribution in [0.5, 0.6) is 0 Å². The van der Waals surface area contributed by atoms with Crippen molar-refractivity contribution >= 4 is 25.8 Å². The summed E-state index contributed by atoms with van der Waals surface area (Å²) in [6.07, 6.45) is 1.45. The topological polar surface area (TPSA) is 101 Å². The van der Waals surface area contributed by atoms with Crippen molar-refractivity contribution in [1.82, 2.24) is 9.62 Å². The maximum absolute atomic E-state index is 12.7. The van der Waals surface area contributed by atoms with Gasteiger partial charge >= 0.3 is 0 Å². The van der Waals surface area contributed by atoms with E-state index < -0.39 is 25.8 Å². The van der Waals surface area contributed by atoms with E-state index in [1.165, 1.54) is 31.3 Å². The van der Waals surface area contributed by atoms with Crippen LogP contribution in [0.1, 0.15) is 13.3 Å². The highest BCUT2D eigenvalue weighted by atomic mass is 32.2. The van der Waals surface area contributed by atoms with Crippen LogP contribution in [0.4, 0.5) is 0 Å². The first kappa shape index (κ1) is 18.6. The lowest BCUT2D eigenvalue weighted by Crippen LogP contribution is -2.40. The lowest BCUT2D eigenvalue weighted by Gasteiger charge is -2.22. The third-order valence-electron chi connectivity index (χ3n) is 2.94. The average molecular weight is 348 g/mol. The summed E-state index contributed by atoms with van der Waals surface area (Å²) in [4.78, 5) is 10.9. The Kier molecular flexibility index (Phi) is 6.09. The van der Waals surface area contributed by atoms with Crippen LogP contribution in [0.3, 0.4) is 0 Å². The third-order valence-corrected chi connectivity index (χ3v) is 6.13. The highest BCUT2D eigenvalue weighted by Gasteiger charge is 2.30. The Morgan fingerprint density at radius 2 is 1.68 bits per heavy atom. The highest BCUT2D eigenvalue weighted by molar-refractivity contribution is 7.93. The average Bonchev–Trinajstić information content (AvgIpc) is 2.45. The van der Waals surface area contributed by atoms with Crippen molar-refractivity contribution in [2.24, 2.45) is 0 Å². The van der Waals surface area contributed by atoms with Crippen molar-refractivity contribution in [3.05, 3.63) is 24.3 Å². The van der Waals surface area contributed by atoms with E-state index in [4.69, 9.17) is 0 Å². The monoisotopic (exact) mass is 348 g/mol. The number of benzene rings is 1. The van der Waals surface area contributed by atoms with Crippen molar-refractivity contribution in [3.63, 3.8) is 0 Å². The molecule has 1 rings (SSSR count). The lowest BCUT2D eigenvalue weighted by atomic mass is 10.4. The molecule has 0 fully saturated rings. The summed E-state index contributed by atoms with van der Waals surface area (Å²) in [5, 5.41) is 2.36. The molecule has 1 aromatic carbocycles. The Labute approximate surface area is 131 Å². The quantitative estimate of drug-likeness (QED) is 0.760. The van der Waals surface area contributed by atoms with Gasteiger partial charge in [0.2, 0.25) is 15.9 Å². The molecule has 9 heteroatoms. The summed E-state index contributed by atoms with van der Waals surface area (Å²) < 4.78 is 50.0. The van der Waals surface area contributed by atoms with Crippen LogP contribution in [0.15, 0.2) is 34.1 Å². The molecule has 0 aliphatic rings. The summed E-state index contributed by atoms with van der Waals surface area (Å²) in [6, 6.07) is 5.38. The van der Waals surface area contributed by atoms with Gasteiger partial charge in [-0.25, -0.2) is 16.8 Å². The zero-order valence-corrected chi connectivity index (χ0v) is 14.4. The molecule has 0 saturated heterocycles. The highest BCUT2D eigenvalue weighted by Crippen LogP contribution is 2.24. The molecule has 0 aromatic heterocycles. The van der Waals surface area contributed by atoms with Gasteiger partial charge in [-0.2, -0.15) is 4.31 Å². The molecule has 0 radical (unpaired) electrons. The number of carbonyl (C=O) groups excluding carboxylic acids is 1. The normalized spacial score (nSPS) is 12.4. The maximum Gasteiger partial charge on any atom is 0.244 e. The zero-order valence-electron chi connectivity index (χ0n) is 12.7. The number of hydrogen-bond donors (Lipinski definition) is 1. The Morgan fingerprint density at radius 1 is 1.14 bits per heavy atom. The molecule has 7 nitrogen and oxygen atoms in total. The van der Waals surface area contributed by atoms with Crippen molar-refractivity contribution in [1.29, 1.82) is 0 Å². The molecule has 1 N–H and O–H groups in total. The largest absolute Gasteiger partial charge is 0.358 e. The Bertz CT molecular complexity index is 741. The minimum Gasteiger partial charge on any atom is -0.358 e. The van der Waals surface area contributed by atoms with E-state index in [1.54, 1.807) is 6.92 Å². The van der Waals surface area contributed by atoms with Crippen LogP contribution < -0.4 is 5.32 Å². The minimum atomic E-state index is -4.09. The Morgan fingerprint density at radius 3 is 2.14 bits per heavy atom. The van der Waals surface area contributed by atoms with Crippen LogP contribution in [0.2, 0.25) is 0 Å². The fourth-order valence-corrected chi connectivity index (χ4v) is 4.97. The molecule has 0 heterocycles. The van der Waals surface area contributed by atoms with E-state index in [1.807, 2.05) is 0 Å². The van der Waals surface area contributed by atoms with Gasteiger partial charge in [0.15, 0.2) is 9.84 Å². The standard InChI is InChI=1S/C13H20N2O5S2/c1-4-9-15(10-13(16)14-2)22(19,20)12-8-6-5-7-11(12)21(3,17)18/h5-8H,4,9-10H2,1-3H3,(H,14,16). The number of sulfone groups is 1. The van der Waals surface area contributed by atoms with E-state index in [2.05, 4.69) is 5.32 Å². The number of nitrogens with one attached hydrogen (secondary N) is 1. The van der Waals surface area contributed by atoms with Gasteiger partial charge in [-0.3, -0.25) is 4.79 Å². The summed E-state index contributed by atoms with van der Waals surface area (Å²) in [5.41, 5.74) is 0. The zero-order chi connectivity index (χ0) is 17.0. The van der Waals surface area contributed by atoms with Crippen LogP contribution >= 0.6 is 0 Å². The molecular formula is C13H20N2O5S2. The first-order valence-corrected chi connectivity index (χ1v) is 9.97. The Hall–Kier alpha value is -1.45.